The predicted octanol–water partition coefficient (Wildman–Crippen LogP) is 3.80. The second-order valence-corrected chi connectivity index (χ2v) is 11.6. The molecule has 0 spiro atoms. The molecule has 1 amide bonds. The van der Waals surface area contributed by atoms with Gasteiger partial charge in [-0.25, -0.2) is 12.8 Å². The third kappa shape index (κ3) is 6.67. The zero-order chi connectivity index (χ0) is 29.0. The molecule has 1 heterocycles. The molecule has 0 fully saturated rings. The lowest BCUT2D eigenvalue weighted by Crippen LogP contribution is -2.35. The van der Waals surface area contributed by atoms with E-state index in [4.69, 9.17) is 4.74 Å². The summed E-state index contributed by atoms with van der Waals surface area (Å²) in [5, 5.41) is 6.02. The van der Waals surface area contributed by atoms with E-state index >= 15 is 0 Å². The molecule has 0 atom stereocenters. The monoisotopic (exact) mass is 566 g/mol. The number of nitrogens with one attached hydrogen (secondary N) is 2. The minimum Gasteiger partial charge on any atom is -0.469 e. The molecule has 0 aliphatic carbocycles. The SMILES string of the molecule is COC(=O)Cc1cccc(/C(Nc2ccc(N(CCN(C)C)S(C)(=O)=O)cc2)=C2/C(=O)Nc3cc(F)ccc32)c1. The maximum absolute atomic E-state index is 13.9. The molecule has 2 N–H and O–H groups in total. The number of benzene rings is 3. The molecule has 1 aliphatic rings. The number of methoxy groups -OCH3 is 1. The van der Waals surface area contributed by atoms with Crippen LogP contribution in [0.25, 0.3) is 11.3 Å². The Labute approximate surface area is 233 Å². The molecule has 11 heteroatoms. The van der Waals surface area contributed by atoms with E-state index in [-0.39, 0.29) is 13.0 Å². The van der Waals surface area contributed by atoms with Crippen molar-refractivity contribution in [3.63, 3.8) is 0 Å². The Morgan fingerprint density at radius 3 is 2.40 bits per heavy atom. The summed E-state index contributed by atoms with van der Waals surface area (Å²) in [5.41, 5.74) is 4.02. The summed E-state index contributed by atoms with van der Waals surface area (Å²) in [6, 6.07) is 18.0. The molecule has 0 radical (unpaired) electrons. The minimum absolute atomic E-state index is 0.0456. The number of halogens is 1. The van der Waals surface area contributed by atoms with Crippen LogP contribution >= 0.6 is 0 Å². The van der Waals surface area contributed by atoms with Gasteiger partial charge in [0.25, 0.3) is 5.91 Å². The largest absolute Gasteiger partial charge is 0.469 e. The molecule has 0 saturated heterocycles. The first-order valence-electron chi connectivity index (χ1n) is 12.5. The summed E-state index contributed by atoms with van der Waals surface area (Å²) in [6.45, 7) is 0.828. The summed E-state index contributed by atoms with van der Waals surface area (Å²) >= 11 is 0. The van der Waals surface area contributed by atoms with E-state index in [1.54, 1.807) is 48.5 Å². The molecule has 40 heavy (non-hydrogen) atoms. The topological polar surface area (TPSA) is 108 Å². The van der Waals surface area contributed by atoms with E-state index in [1.807, 2.05) is 19.0 Å². The third-order valence-electron chi connectivity index (χ3n) is 6.34. The first-order chi connectivity index (χ1) is 19.0. The van der Waals surface area contributed by atoms with Gasteiger partial charge < -0.3 is 20.3 Å². The van der Waals surface area contributed by atoms with Gasteiger partial charge in [0.2, 0.25) is 10.0 Å². The van der Waals surface area contributed by atoms with Crippen LogP contribution in [0, 0.1) is 5.82 Å². The summed E-state index contributed by atoms with van der Waals surface area (Å²) in [5.74, 6) is -1.29. The van der Waals surface area contributed by atoms with Crippen molar-refractivity contribution in [2.45, 2.75) is 6.42 Å². The predicted molar refractivity (Wildman–Crippen MR) is 155 cm³/mol. The van der Waals surface area contributed by atoms with Gasteiger partial charge in [-0.1, -0.05) is 18.2 Å². The number of esters is 1. The van der Waals surface area contributed by atoms with Gasteiger partial charge in [0.1, 0.15) is 5.82 Å². The molecule has 0 unspecified atom stereocenters. The van der Waals surface area contributed by atoms with Crippen molar-refractivity contribution in [1.29, 1.82) is 0 Å². The Kier molecular flexibility index (Phi) is 8.55. The number of rotatable bonds is 10. The van der Waals surface area contributed by atoms with Gasteiger partial charge >= 0.3 is 5.97 Å². The highest BCUT2D eigenvalue weighted by Crippen LogP contribution is 2.38. The number of carbonyl (C=O) groups is 2. The minimum atomic E-state index is -3.51. The van der Waals surface area contributed by atoms with Crippen LogP contribution in [0.1, 0.15) is 16.7 Å². The van der Waals surface area contributed by atoms with E-state index in [0.29, 0.717) is 51.6 Å². The average molecular weight is 567 g/mol. The highest BCUT2D eigenvalue weighted by Gasteiger charge is 2.29. The van der Waals surface area contributed by atoms with Crippen LogP contribution in [0.3, 0.4) is 0 Å². The van der Waals surface area contributed by atoms with Gasteiger partial charge in [-0.05, 0) is 73.8 Å². The van der Waals surface area contributed by atoms with Gasteiger partial charge in [0, 0.05) is 24.3 Å². The number of nitrogens with zero attached hydrogens (tertiary/aromatic N) is 2. The molecule has 3 aromatic carbocycles. The summed E-state index contributed by atoms with van der Waals surface area (Å²) in [7, 11) is 1.54. The quantitative estimate of drug-likeness (QED) is 0.284. The number of ether oxygens (including phenoxy) is 1. The fourth-order valence-electron chi connectivity index (χ4n) is 4.38. The molecular weight excluding hydrogens is 535 g/mol. The van der Waals surface area contributed by atoms with Crippen molar-refractivity contribution in [2.75, 3.05) is 55.5 Å². The number of amides is 1. The van der Waals surface area contributed by atoms with E-state index in [2.05, 4.69) is 10.6 Å². The van der Waals surface area contributed by atoms with Gasteiger partial charge in [-0.2, -0.15) is 0 Å². The van der Waals surface area contributed by atoms with Gasteiger partial charge in [-0.15, -0.1) is 0 Å². The number of fused-ring (bicyclic) bond motifs is 1. The van der Waals surface area contributed by atoms with Crippen molar-refractivity contribution in [3.8, 4) is 0 Å². The van der Waals surface area contributed by atoms with E-state index in [9.17, 15) is 22.4 Å². The second kappa shape index (κ2) is 11.9. The highest BCUT2D eigenvalue weighted by atomic mass is 32.2. The fourth-order valence-corrected chi connectivity index (χ4v) is 5.30. The van der Waals surface area contributed by atoms with Crippen LogP contribution in [-0.4, -0.2) is 65.7 Å². The fraction of sp³-hybridized carbons (Fsp3) is 0.241. The lowest BCUT2D eigenvalue weighted by molar-refractivity contribution is -0.139. The molecule has 9 nitrogen and oxygen atoms in total. The average Bonchev–Trinajstić information content (AvgIpc) is 3.21. The number of carbonyl (C=O) groups excluding carboxylic acids is 2. The zero-order valence-corrected chi connectivity index (χ0v) is 23.5. The number of hydrogen-bond donors (Lipinski definition) is 2. The van der Waals surface area contributed by atoms with Crippen molar-refractivity contribution in [3.05, 3.63) is 89.2 Å². The number of sulfonamides is 1. The molecule has 210 valence electrons. The molecule has 1 aliphatic heterocycles. The Bertz CT molecular complexity index is 1570. The number of likely N-dealkylation sites (N-methyl/N-ethyl adjacent to an activating group) is 1. The van der Waals surface area contributed by atoms with E-state index in [1.165, 1.54) is 29.6 Å². The van der Waals surface area contributed by atoms with Crippen molar-refractivity contribution >= 4 is 50.2 Å². The summed E-state index contributed by atoms with van der Waals surface area (Å²) in [6.07, 6.45) is 1.21. The zero-order valence-electron chi connectivity index (χ0n) is 22.7. The second-order valence-electron chi connectivity index (χ2n) is 9.66. The Balaban J connectivity index is 1.77. The maximum Gasteiger partial charge on any atom is 0.309 e. The Morgan fingerprint density at radius 1 is 1.02 bits per heavy atom. The molecule has 4 rings (SSSR count). The third-order valence-corrected chi connectivity index (χ3v) is 7.54. The highest BCUT2D eigenvalue weighted by molar-refractivity contribution is 7.92. The first kappa shape index (κ1) is 28.8. The van der Waals surface area contributed by atoms with Crippen LogP contribution in [0.4, 0.5) is 21.5 Å². The number of hydrogen-bond acceptors (Lipinski definition) is 7. The van der Waals surface area contributed by atoms with Crippen LogP contribution in [0.2, 0.25) is 0 Å². The molecule has 0 aromatic heterocycles. The van der Waals surface area contributed by atoms with Crippen molar-refractivity contribution in [2.24, 2.45) is 0 Å². The van der Waals surface area contributed by atoms with Crippen LogP contribution in [-0.2, 0) is 30.8 Å². The molecule has 0 saturated carbocycles. The molecular formula is C29H31FN4O5S. The van der Waals surface area contributed by atoms with Crippen molar-refractivity contribution in [1.82, 2.24) is 4.90 Å². The van der Waals surface area contributed by atoms with Gasteiger partial charge in [0.05, 0.1) is 42.4 Å². The summed E-state index contributed by atoms with van der Waals surface area (Å²) < 4.78 is 44.9. The lowest BCUT2D eigenvalue weighted by atomic mass is 9.98. The van der Waals surface area contributed by atoms with Crippen LogP contribution < -0.4 is 14.9 Å². The molecule has 0 bridgehead atoms. The lowest BCUT2D eigenvalue weighted by Gasteiger charge is -2.24. The Hall–Kier alpha value is -4.22. The van der Waals surface area contributed by atoms with Gasteiger partial charge in [0.15, 0.2) is 0 Å². The Morgan fingerprint density at radius 2 is 1.75 bits per heavy atom. The smallest absolute Gasteiger partial charge is 0.309 e. The molecule has 3 aromatic rings. The first-order valence-corrected chi connectivity index (χ1v) is 14.3. The van der Waals surface area contributed by atoms with E-state index < -0.39 is 27.7 Å². The standard InChI is InChI=1S/C29H31FN4O5S/c1-33(2)14-15-34(40(4,37)38)23-11-9-22(10-12-23)31-28(20-7-5-6-19(16-20)17-26(35)39-3)27-24-13-8-21(30)18-25(24)32-29(27)36/h5-13,16,18,31H,14-15,17H2,1-4H3,(H,32,36)/b28-27-. The van der Waals surface area contributed by atoms with Crippen molar-refractivity contribution < 1.29 is 27.1 Å². The summed E-state index contributed by atoms with van der Waals surface area (Å²) in [4.78, 5) is 27.0. The maximum atomic E-state index is 13.9. The number of anilines is 3. The van der Waals surface area contributed by atoms with E-state index in [0.717, 1.165) is 6.26 Å². The normalized spacial score (nSPS) is 14.0. The van der Waals surface area contributed by atoms with Crippen LogP contribution in [0.15, 0.2) is 66.7 Å². The van der Waals surface area contributed by atoms with Gasteiger partial charge in [-0.3, -0.25) is 13.9 Å². The van der Waals surface area contributed by atoms with Crippen LogP contribution in [0.5, 0.6) is 0 Å².